The molecule has 2 aromatic rings. The highest BCUT2D eigenvalue weighted by atomic mass is 16.4. The Labute approximate surface area is 144 Å². The highest BCUT2D eigenvalue weighted by Crippen LogP contribution is 2.47. The molecule has 25 heavy (non-hydrogen) atoms. The second-order valence-electron chi connectivity index (χ2n) is 6.90. The van der Waals surface area contributed by atoms with Crippen LogP contribution in [0.5, 0.6) is 0 Å². The summed E-state index contributed by atoms with van der Waals surface area (Å²) in [5.41, 5.74) is 2.84. The minimum atomic E-state index is -1.11. The van der Waals surface area contributed by atoms with Gasteiger partial charge in [0.15, 0.2) is 5.69 Å². The number of hydrogen-bond donors (Lipinski definition) is 1. The zero-order valence-electron chi connectivity index (χ0n) is 14.3. The molecule has 2 aliphatic rings. The van der Waals surface area contributed by atoms with E-state index in [1.165, 1.54) is 10.9 Å². The number of amides is 1. The number of rotatable bonds is 4. The van der Waals surface area contributed by atoms with Crippen molar-refractivity contribution in [3.05, 3.63) is 34.8 Å². The third-order valence-electron chi connectivity index (χ3n) is 5.41. The van der Waals surface area contributed by atoms with E-state index >= 15 is 0 Å². The average molecular weight is 341 g/mol. The van der Waals surface area contributed by atoms with Crippen LogP contribution in [0.3, 0.4) is 0 Å². The summed E-state index contributed by atoms with van der Waals surface area (Å²) in [6.45, 7) is 6.63. The second kappa shape index (κ2) is 5.37. The molecule has 1 saturated carbocycles. The molecule has 0 spiro atoms. The molecule has 130 valence electrons. The zero-order valence-corrected chi connectivity index (χ0v) is 14.3. The molecular weight excluding hydrogens is 322 g/mol. The summed E-state index contributed by atoms with van der Waals surface area (Å²) in [7, 11) is 0. The number of piperidine rings is 1. The van der Waals surface area contributed by atoms with Gasteiger partial charge in [-0.3, -0.25) is 9.69 Å². The number of carbonyl (C=O) groups excluding carboxylic acids is 1. The van der Waals surface area contributed by atoms with Crippen molar-refractivity contribution in [1.29, 1.82) is 0 Å². The first-order valence-electron chi connectivity index (χ1n) is 8.31. The molecule has 2 aromatic heterocycles. The maximum Gasteiger partial charge on any atom is 0.358 e. The highest BCUT2D eigenvalue weighted by molar-refractivity contribution is 5.99. The lowest BCUT2D eigenvalue weighted by Crippen LogP contribution is -2.30. The van der Waals surface area contributed by atoms with Gasteiger partial charge in [0.2, 0.25) is 5.91 Å². The van der Waals surface area contributed by atoms with Crippen LogP contribution in [0.15, 0.2) is 12.4 Å². The van der Waals surface area contributed by atoms with Crippen molar-refractivity contribution in [2.75, 3.05) is 11.4 Å². The van der Waals surface area contributed by atoms with Gasteiger partial charge in [-0.1, -0.05) is 5.21 Å². The number of carbonyl (C=O) groups is 2. The Morgan fingerprint density at radius 1 is 1.36 bits per heavy atom. The lowest BCUT2D eigenvalue weighted by molar-refractivity contribution is -0.118. The minimum absolute atomic E-state index is 0.0901. The van der Waals surface area contributed by atoms with Crippen LogP contribution in [0.25, 0.3) is 0 Å². The van der Waals surface area contributed by atoms with Crippen LogP contribution in [0.4, 0.5) is 5.82 Å². The van der Waals surface area contributed by atoms with Crippen LogP contribution in [-0.2, 0) is 4.79 Å². The molecule has 0 aromatic carbocycles. The third kappa shape index (κ3) is 2.40. The van der Waals surface area contributed by atoms with Gasteiger partial charge >= 0.3 is 5.97 Å². The van der Waals surface area contributed by atoms with Gasteiger partial charge < -0.3 is 5.11 Å². The fourth-order valence-corrected chi connectivity index (χ4v) is 3.58. The number of carboxylic acids is 1. The standard InChI is InChI=1S/C17H19N5O3/c1-8-9(2)15(21-6-11-4-12(11)16(21)23)18-5-13(8)10(3)22-7-14(17(24)25)19-20-22/h5,7,10-12H,4,6H2,1-3H3,(H,24,25)/t10?,11-,12-/m1/s1. The zero-order chi connectivity index (χ0) is 17.9. The first-order chi connectivity index (χ1) is 11.9. The van der Waals surface area contributed by atoms with Gasteiger partial charge in [-0.05, 0) is 49.8 Å². The molecule has 1 amide bonds. The van der Waals surface area contributed by atoms with Gasteiger partial charge in [-0.25, -0.2) is 14.5 Å². The van der Waals surface area contributed by atoms with Gasteiger partial charge in [-0.2, -0.15) is 0 Å². The molecule has 0 radical (unpaired) electrons. The molecule has 1 saturated heterocycles. The Hall–Kier alpha value is -2.77. The van der Waals surface area contributed by atoms with E-state index in [-0.39, 0.29) is 23.6 Å². The topological polar surface area (TPSA) is 101 Å². The van der Waals surface area contributed by atoms with E-state index in [2.05, 4.69) is 15.3 Å². The largest absolute Gasteiger partial charge is 0.476 e. The Morgan fingerprint density at radius 3 is 2.72 bits per heavy atom. The molecule has 1 N–H and O–H groups in total. The van der Waals surface area contributed by atoms with E-state index in [1.54, 1.807) is 11.1 Å². The fraction of sp³-hybridized carbons (Fsp3) is 0.471. The van der Waals surface area contributed by atoms with Crippen molar-refractivity contribution in [2.24, 2.45) is 11.8 Å². The quantitative estimate of drug-likeness (QED) is 0.906. The Balaban J connectivity index is 1.65. The van der Waals surface area contributed by atoms with Crippen LogP contribution in [-0.4, -0.2) is 43.5 Å². The monoisotopic (exact) mass is 341 g/mol. The third-order valence-corrected chi connectivity index (χ3v) is 5.41. The van der Waals surface area contributed by atoms with Crippen molar-refractivity contribution in [2.45, 2.75) is 33.2 Å². The van der Waals surface area contributed by atoms with Crippen LogP contribution in [0.1, 0.15) is 46.6 Å². The van der Waals surface area contributed by atoms with Crippen molar-refractivity contribution < 1.29 is 14.7 Å². The van der Waals surface area contributed by atoms with Crippen LogP contribution >= 0.6 is 0 Å². The predicted octanol–water partition coefficient (Wildman–Crippen LogP) is 1.58. The molecule has 0 bridgehead atoms. The molecule has 8 nitrogen and oxygen atoms in total. The van der Waals surface area contributed by atoms with E-state index in [4.69, 9.17) is 5.11 Å². The number of fused-ring (bicyclic) bond motifs is 1. The van der Waals surface area contributed by atoms with Gasteiger partial charge in [-0.15, -0.1) is 5.10 Å². The van der Waals surface area contributed by atoms with E-state index in [0.717, 1.165) is 35.5 Å². The molecule has 3 atom stereocenters. The Morgan fingerprint density at radius 2 is 2.12 bits per heavy atom. The van der Waals surface area contributed by atoms with Crippen LogP contribution in [0.2, 0.25) is 0 Å². The van der Waals surface area contributed by atoms with Crippen molar-refractivity contribution in [3.8, 4) is 0 Å². The number of carboxylic acid groups (broad SMARTS) is 1. The van der Waals surface area contributed by atoms with Crippen molar-refractivity contribution in [3.63, 3.8) is 0 Å². The molecule has 1 unspecified atom stereocenters. The van der Waals surface area contributed by atoms with E-state index in [0.29, 0.717) is 5.92 Å². The summed E-state index contributed by atoms with van der Waals surface area (Å²) in [6, 6.07) is -0.205. The molecule has 3 heterocycles. The number of pyridine rings is 1. The van der Waals surface area contributed by atoms with E-state index in [1.807, 2.05) is 20.8 Å². The average Bonchev–Trinajstić information content (AvgIpc) is 3.03. The smallest absolute Gasteiger partial charge is 0.358 e. The molecule has 4 rings (SSSR count). The molecule has 1 aliphatic carbocycles. The fourth-order valence-electron chi connectivity index (χ4n) is 3.58. The lowest BCUT2D eigenvalue weighted by Gasteiger charge is -2.23. The minimum Gasteiger partial charge on any atom is -0.476 e. The number of hydrogen-bond acceptors (Lipinski definition) is 5. The van der Waals surface area contributed by atoms with E-state index in [9.17, 15) is 9.59 Å². The summed E-state index contributed by atoms with van der Waals surface area (Å²) in [6.07, 6.45) is 4.18. The number of aromatic carboxylic acids is 1. The van der Waals surface area contributed by atoms with Crippen LogP contribution in [0, 0.1) is 25.7 Å². The molecule has 8 heteroatoms. The Bertz CT molecular complexity index is 890. The Kier molecular flexibility index (Phi) is 3.38. The van der Waals surface area contributed by atoms with Crippen LogP contribution < -0.4 is 4.90 Å². The van der Waals surface area contributed by atoms with Crippen molar-refractivity contribution >= 4 is 17.7 Å². The number of aromatic nitrogens is 4. The number of nitrogens with zero attached hydrogens (tertiary/aromatic N) is 5. The molecule has 2 fully saturated rings. The van der Waals surface area contributed by atoms with Crippen molar-refractivity contribution in [1.82, 2.24) is 20.0 Å². The second-order valence-corrected chi connectivity index (χ2v) is 6.90. The molecule has 1 aliphatic heterocycles. The summed E-state index contributed by atoms with van der Waals surface area (Å²) in [4.78, 5) is 29.6. The van der Waals surface area contributed by atoms with Gasteiger partial charge in [0.25, 0.3) is 0 Å². The highest BCUT2D eigenvalue weighted by Gasteiger charge is 2.53. The number of anilines is 1. The SMILES string of the molecule is Cc1c(C(C)n2cc(C(=O)O)nn2)cnc(N2C[C@H]3C[C@H]3C2=O)c1C. The first-order valence-corrected chi connectivity index (χ1v) is 8.31. The van der Waals surface area contributed by atoms with Gasteiger partial charge in [0.05, 0.1) is 12.2 Å². The van der Waals surface area contributed by atoms with E-state index < -0.39 is 5.97 Å². The summed E-state index contributed by atoms with van der Waals surface area (Å²) >= 11 is 0. The lowest BCUT2D eigenvalue weighted by atomic mass is 10.0. The van der Waals surface area contributed by atoms with Gasteiger partial charge in [0, 0.05) is 18.7 Å². The van der Waals surface area contributed by atoms with Gasteiger partial charge in [0.1, 0.15) is 5.82 Å². The summed E-state index contributed by atoms with van der Waals surface area (Å²) in [5, 5.41) is 16.6. The maximum absolute atomic E-state index is 12.3. The first kappa shape index (κ1) is 15.7. The molecular formula is C17H19N5O3. The predicted molar refractivity (Wildman–Crippen MR) is 88.5 cm³/mol. The maximum atomic E-state index is 12.3. The summed E-state index contributed by atoms with van der Waals surface area (Å²) in [5.74, 6) is 0.506. The summed E-state index contributed by atoms with van der Waals surface area (Å²) < 4.78 is 1.52. The normalized spacial score (nSPS) is 22.8.